The first-order chi connectivity index (χ1) is 11.6. The van der Waals surface area contributed by atoms with E-state index in [9.17, 15) is 18.0 Å². The Labute approximate surface area is 146 Å². The van der Waals surface area contributed by atoms with Gasteiger partial charge in [0.1, 0.15) is 11.8 Å². The summed E-state index contributed by atoms with van der Waals surface area (Å²) in [6.45, 7) is 5.82. The summed E-state index contributed by atoms with van der Waals surface area (Å²) < 4.78 is 45.6. The van der Waals surface area contributed by atoms with E-state index in [0.29, 0.717) is 19.4 Å². The molecule has 140 valence electrons. The number of aryl methyl sites for hydroxylation is 1. The van der Waals surface area contributed by atoms with Crippen molar-refractivity contribution in [1.29, 1.82) is 0 Å². The summed E-state index contributed by atoms with van der Waals surface area (Å²) in [5.41, 5.74) is 2.54. The van der Waals surface area contributed by atoms with Crippen molar-refractivity contribution in [2.45, 2.75) is 52.3 Å². The van der Waals surface area contributed by atoms with E-state index in [0.717, 1.165) is 16.3 Å². The highest BCUT2D eigenvalue weighted by atomic mass is 19.4. The van der Waals surface area contributed by atoms with Crippen molar-refractivity contribution in [1.82, 2.24) is 10.4 Å². The third-order valence-corrected chi connectivity index (χ3v) is 4.36. The van der Waals surface area contributed by atoms with Gasteiger partial charge in [-0.05, 0) is 57.7 Å². The second-order valence-electron chi connectivity index (χ2n) is 6.98. The highest BCUT2D eigenvalue weighted by molar-refractivity contribution is 5.83. The van der Waals surface area contributed by atoms with Gasteiger partial charge in [-0.2, -0.15) is 13.2 Å². The van der Waals surface area contributed by atoms with Gasteiger partial charge in [-0.15, -0.1) is 0 Å². The Morgan fingerprint density at radius 2 is 1.92 bits per heavy atom. The van der Waals surface area contributed by atoms with Gasteiger partial charge in [0.25, 0.3) is 0 Å². The van der Waals surface area contributed by atoms with Crippen LogP contribution in [-0.4, -0.2) is 36.3 Å². The molecule has 1 fully saturated rings. The van der Waals surface area contributed by atoms with Crippen molar-refractivity contribution >= 4 is 5.91 Å². The summed E-state index contributed by atoms with van der Waals surface area (Å²) in [4.78, 5) is 11.8. The second-order valence-corrected chi connectivity index (χ2v) is 6.98. The molecule has 1 aromatic carbocycles. The summed E-state index contributed by atoms with van der Waals surface area (Å²) in [7, 11) is 0. The van der Waals surface area contributed by atoms with Crippen molar-refractivity contribution in [2.24, 2.45) is 5.41 Å². The van der Waals surface area contributed by atoms with Crippen LogP contribution in [0, 0.1) is 5.41 Å². The molecule has 0 aliphatic carbocycles. The van der Waals surface area contributed by atoms with E-state index in [2.05, 4.69) is 5.43 Å². The van der Waals surface area contributed by atoms with Gasteiger partial charge in [0, 0.05) is 6.54 Å². The molecule has 0 spiro atoms. The lowest BCUT2D eigenvalue weighted by molar-refractivity contribution is -0.190. The fourth-order valence-corrected chi connectivity index (χ4v) is 2.92. The molecule has 1 amide bonds. The molecule has 1 unspecified atom stereocenters. The largest absolute Gasteiger partial charge is 0.494 e. The number of hydrogen-bond donors (Lipinski definition) is 1. The van der Waals surface area contributed by atoms with E-state index in [1.807, 2.05) is 31.2 Å². The fourth-order valence-electron chi connectivity index (χ4n) is 2.92. The van der Waals surface area contributed by atoms with Crippen molar-refractivity contribution in [3.63, 3.8) is 0 Å². The number of halogens is 3. The number of rotatable bonds is 7. The number of alkyl halides is 3. The summed E-state index contributed by atoms with van der Waals surface area (Å²) >= 11 is 0. The Kier molecular flexibility index (Phi) is 5.98. The first-order valence-electron chi connectivity index (χ1n) is 8.49. The van der Waals surface area contributed by atoms with Crippen LogP contribution in [0.1, 0.15) is 39.2 Å². The predicted molar refractivity (Wildman–Crippen MR) is 89.0 cm³/mol. The number of benzene rings is 1. The Morgan fingerprint density at radius 3 is 2.40 bits per heavy atom. The maximum absolute atomic E-state index is 13.4. The average Bonchev–Trinajstić information content (AvgIpc) is 2.77. The number of nitrogens with zero attached hydrogens (tertiary/aromatic N) is 1. The molecule has 1 saturated heterocycles. The van der Waals surface area contributed by atoms with Gasteiger partial charge in [0.05, 0.1) is 12.0 Å². The molecule has 2 rings (SSSR count). The van der Waals surface area contributed by atoms with Crippen molar-refractivity contribution in [3.05, 3.63) is 29.8 Å². The molecular formula is C18H25F3N2O2. The van der Waals surface area contributed by atoms with Gasteiger partial charge in [-0.25, -0.2) is 5.01 Å². The van der Waals surface area contributed by atoms with E-state index in [4.69, 9.17) is 4.74 Å². The lowest BCUT2D eigenvalue weighted by atomic mass is 9.94. The minimum atomic E-state index is -4.38. The summed E-state index contributed by atoms with van der Waals surface area (Å²) in [6, 6.07) is 5.72. The Morgan fingerprint density at radius 1 is 1.28 bits per heavy atom. The number of carbonyl (C=O) groups is 1. The maximum Gasteiger partial charge on any atom is 0.405 e. The van der Waals surface area contributed by atoms with Crippen LogP contribution in [0.3, 0.4) is 0 Å². The van der Waals surface area contributed by atoms with Crippen LogP contribution >= 0.6 is 0 Å². The highest BCUT2D eigenvalue weighted by Crippen LogP contribution is 2.33. The van der Waals surface area contributed by atoms with E-state index in [1.54, 1.807) is 13.8 Å². The third-order valence-electron chi connectivity index (χ3n) is 4.36. The molecule has 1 N–H and O–H groups in total. The molecule has 0 aromatic heterocycles. The smallest absolute Gasteiger partial charge is 0.405 e. The van der Waals surface area contributed by atoms with Gasteiger partial charge in [-0.1, -0.05) is 12.1 Å². The standard InChI is InChI=1S/C18H25F3N2O2/c1-4-25-14-10-8-13(9-11-14)6-5-7-15(18(19,20)21)23-12-17(2,3)16(24)22-23/h8-11,15H,4-7,12H2,1-3H3,(H,22,24). The highest BCUT2D eigenvalue weighted by Gasteiger charge is 2.49. The van der Waals surface area contributed by atoms with E-state index < -0.39 is 17.6 Å². The molecule has 0 radical (unpaired) electrons. The Bertz CT molecular complexity index is 585. The number of ether oxygens (including phenoxy) is 1. The topological polar surface area (TPSA) is 41.6 Å². The molecule has 0 bridgehead atoms. The molecule has 25 heavy (non-hydrogen) atoms. The maximum atomic E-state index is 13.4. The third kappa shape index (κ3) is 5.11. The number of nitrogens with one attached hydrogen (secondary N) is 1. The molecule has 1 aromatic rings. The lowest BCUT2D eigenvalue weighted by Crippen LogP contribution is -2.50. The number of hydrogen-bond acceptors (Lipinski definition) is 3. The summed E-state index contributed by atoms with van der Waals surface area (Å²) in [5.74, 6) is 0.384. The minimum Gasteiger partial charge on any atom is -0.494 e. The first kappa shape index (κ1) is 19.6. The van der Waals surface area contributed by atoms with Gasteiger partial charge < -0.3 is 4.74 Å². The zero-order chi connectivity index (χ0) is 18.7. The van der Waals surface area contributed by atoms with Crippen LogP contribution in [0.25, 0.3) is 0 Å². The van der Waals surface area contributed by atoms with E-state index >= 15 is 0 Å². The Hall–Kier alpha value is -1.76. The van der Waals surface area contributed by atoms with Crippen LogP contribution in [0.15, 0.2) is 24.3 Å². The molecule has 1 aliphatic heterocycles. The van der Waals surface area contributed by atoms with Crippen LogP contribution in [0.2, 0.25) is 0 Å². The van der Waals surface area contributed by atoms with E-state index in [1.165, 1.54) is 0 Å². The van der Waals surface area contributed by atoms with Crippen molar-refractivity contribution in [3.8, 4) is 5.75 Å². The van der Waals surface area contributed by atoms with Crippen LogP contribution in [0.5, 0.6) is 5.75 Å². The summed E-state index contributed by atoms with van der Waals surface area (Å²) in [5, 5.41) is 1.04. The molecule has 0 saturated carbocycles. The molecule has 7 heteroatoms. The van der Waals surface area contributed by atoms with Crippen molar-refractivity contribution < 1.29 is 22.7 Å². The monoisotopic (exact) mass is 358 g/mol. The van der Waals surface area contributed by atoms with Crippen LogP contribution in [-0.2, 0) is 11.2 Å². The normalized spacial score (nSPS) is 18.9. The van der Waals surface area contributed by atoms with Gasteiger partial charge in [-0.3, -0.25) is 10.2 Å². The minimum absolute atomic E-state index is 0.0546. The molecule has 4 nitrogen and oxygen atoms in total. The molecule has 1 heterocycles. The quantitative estimate of drug-likeness (QED) is 0.808. The lowest BCUT2D eigenvalue weighted by Gasteiger charge is -2.29. The van der Waals surface area contributed by atoms with E-state index in [-0.39, 0.29) is 18.9 Å². The Balaban J connectivity index is 1.94. The summed E-state index contributed by atoms with van der Waals surface area (Å²) in [6.07, 6.45) is -3.52. The molecule has 1 atom stereocenters. The predicted octanol–water partition coefficient (Wildman–Crippen LogP) is 3.71. The zero-order valence-corrected chi connectivity index (χ0v) is 14.8. The average molecular weight is 358 g/mol. The van der Waals surface area contributed by atoms with Gasteiger partial charge >= 0.3 is 6.18 Å². The zero-order valence-electron chi connectivity index (χ0n) is 14.8. The van der Waals surface area contributed by atoms with Gasteiger partial charge in [0.2, 0.25) is 5.91 Å². The van der Waals surface area contributed by atoms with Crippen molar-refractivity contribution in [2.75, 3.05) is 13.2 Å². The first-order valence-corrected chi connectivity index (χ1v) is 8.49. The fraction of sp³-hybridized carbons (Fsp3) is 0.611. The molecular weight excluding hydrogens is 333 g/mol. The molecule has 1 aliphatic rings. The van der Waals surface area contributed by atoms with Gasteiger partial charge in [0.15, 0.2) is 0 Å². The van der Waals surface area contributed by atoms with Crippen LogP contribution in [0.4, 0.5) is 13.2 Å². The number of carbonyl (C=O) groups excluding carboxylic acids is 1. The second kappa shape index (κ2) is 7.64. The number of hydrazine groups is 1. The SMILES string of the molecule is CCOc1ccc(CCCC(N2CC(C)(C)C(=O)N2)C(F)(F)F)cc1. The number of amides is 1. The van der Waals surface area contributed by atoms with Crippen LogP contribution < -0.4 is 10.2 Å².